The molecule has 0 aliphatic carbocycles. The zero-order valence-corrected chi connectivity index (χ0v) is 17.5. The second-order valence-corrected chi connectivity index (χ2v) is 7.74. The lowest BCUT2D eigenvalue weighted by Gasteiger charge is -2.17. The minimum atomic E-state index is -0.552. The first-order valence-corrected chi connectivity index (χ1v) is 10.2. The summed E-state index contributed by atoms with van der Waals surface area (Å²) in [5.41, 5.74) is 3.17. The highest BCUT2D eigenvalue weighted by atomic mass is 79.9. The number of halogens is 2. The first kappa shape index (κ1) is 20.1. The van der Waals surface area contributed by atoms with E-state index in [9.17, 15) is 14.0 Å². The number of benzene rings is 3. The van der Waals surface area contributed by atoms with Gasteiger partial charge in [0.15, 0.2) is 18.2 Å². The van der Waals surface area contributed by atoms with Crippen LogP contribution in [0.2, 0.25) is 0 Å². The van der Waals surface area contributed by atoms with Crippen LogP contribution in [-0.2, 0) is 11.2 Å². The van der Waals surface area contributed by atoms with Gasteiger partial charge in [0.05, 0.1) is 0 Å². The average Bonchev–Trinajstić information content (AvgIpc) is 3.17. The summed E-state index contributed by atoms with van der Waals surface area (Å²) >= 11 is 3.16. The van der Waals surface area contributed by atoms with Gasteiger partial charge in [-0.25, -0.2) is 4.39 Å². The van der Waals surface area contributed by atoms with Gasteiger partial charge in [0.1, 0.15) is 0 Å². The van der Waals surface area contributed by atoms with Gasteiger partial charge >= 0.3 is 0 Å². The van der Waals surface area contributed by atoms with Gasteiger partial charge in [-0.2, -0.15) is 0 Å². The van der Waals surface area contributed by atoms with Crippen molar-refractivity contribution in [3.63, 3.8) is 0 Å². The van der Waals surface area contributed by atoms with Crippen molar-refractivity contribution in [1.29, 1.82) is 0 Å². The quantitative estimate of drug-likeness (QED) is 0.584. The van der Waals surface area contributed by atoms with Crippen LogP contribution in [-0.4, -0.2) is 25.0 Å². The molecule has 3 aromatic carbocycles. The van der Waals surface area contributed by atoms with Crippen molar-refractivity contribution in [2.45, 2.75) is 6.42 Å². The number of carbonyl (C=O) groups is 2. The molecule has 0 atom stereocenters. The number of amides is 2. The van der Waals surface area contributed by atoms with E-state index >= 15 is 0 Å². The number of hydrogen-bond acceptors (Lipinski definition) is 3. The molecule has 1 heterocycles. The molecule has 4 rings (SSSR count). The van der Waals surface area contributed by atoms with Crippen molar-refractivity contribution in [1.82, 2.24) is 0 Å². The number of nitrogens with one attached hydrogen (secondary N) is 1. The zero-order valence-electron chi connectivity index (χ0n) is 15.9. The normalized spacial score (nSPS) is 12.4. The number of carbonyl (C=O) groups excluding carboxylic acids is 2. The van der Waals surface area contributed by atoms with E-state index in [0.717, 1.165) is 17.7 Å². The van der Waals surface area contributed by atoms with Gasteiger partial charge in [0, 0.05) is 28.0 Å². The monoisotopic (exact) mass is 468 g/mol. The molecule has 1 N–H and O–H groups in total. The highest BCUT2D eigenvalue weighted by Crippen LogP contribution is 2.29. The molecule has 2 amide bonds. The van der Waals surface area contributed by atoms with Crippen LogP contribution in [0.15, 0.2) is 71.2 Å². The van der Waals surface area contributed by atoms with Crippen LogP contribution in [0, 0.1) is 5.82 Å². The van der Waals surface area contributed by atoms with E-state index in [1.807, 2.05) is 24.3 Å². The van der Waals surface area contributed by atoms with Gasteiger partial charge in [-0.1, -0.05) is 34.1 Å². The summed E-state index contributed by atoms with van der Waals surface area (Å²) in [4.78, 5) is 26.7. The smallest absolute Gasteiger partial charge is 0.262 e. The van der Waals surface area contributed by atoms with E-state index in [2.05, 4.69) is 21.2 Å². The molecule has 0 radical (unpaired) electrons. The SMILES string of the molecule is O=C(COc1ccc(Br)cc1F)Nc1ccc(C(=O)N2CCc3ccccc32)cc1. The standard InChI is InChI=1S/C23H18BrFN2O3/c24-17-7-10-21(19(25)13-17)30-14-22(28)26-18-8-5-16(6-9-18)23(29)27-12-11-15-3-1-2-4-20(15)27/h1-10,13H,11-12,14H2,(H,26,28). The fraction of sp³-hybridized carbons (Fsp3) is 0.130. The third kappa shape index (κ3) is 4.36. The molecular formula is C23H18BrFN2O3. The summed E-state index contributed by atoms with van der Waals surface area (Å²) in [7, 11) is 0. The van der Waals surface area contributed by atoms with Gasteiger partial charge in [-0.05, 0) is 60.5 Å². The Morgan fingerprint density at radius 1 is 1.07 bits per heavy atom. The number of ether oxygens (including phenoxy) is 1. The molecule has 1 aliphatic heterocycles. The van der Waals surface area contributed by atoms with E-state index in [-0.39, 0.29) is 18.3 Å². The Labute approximate surface area is 181 Å². The van der Waals surface area contributed by atoms with Gasteiger partial charge in [-0.3, -0.25) is 9.59 Å². The summed E-state index contributed by atoms with van der Waals surface area (Å²) in [5, 5.41) is 2.67. The van der Waals surface area contributed by atoms with E-state index in [0.29, 0.717) is 22.3 Å². The maximum absolute atomic E-state index is 13.7. The fourth-order valence-electron chi connectivity index (χ4n) is 3.33. The van der Waals surface area contributed by atoms with Gasteiger partial charge < -0.3 is 15.0 Å². The molecule has 3 aromatic rings. The molecule has 7 heteroatoms. The maximum Gasteiger partial charge on any atom is 0.262 e. The van der Waals surface area contributed by atoms with Crippen molar-refractivity contribution in [2.24, 2.45) is 0 Å². The zero-order chi connectivity index (χ0) is 21.1. The molecule has 0 saturated heterocycles. The lowest BCUT2D eigenvalue weighted by molar-refractivity contribution is -0.118. The Bertz CT molecular complexity index is 1100. The minimum absolute atomic E-state index is 0.000175. The highest BCUT2D eigenvalue weighted by molar-refractivity contribution is 9.10. The van der Waals surface area contributed by atoms with Crippen molar-refractivity contribution in [3.05, 3.63) is 88.1 Å². The number of fused-ring (bicyclic) bond motifs is 1. The topological polar surface area (TPSA) is 58.6 Å². The first-order chi connectivity index (χ1) is 14.5. The van der Waals surface area contributed by atoms with E-state index < -0.39 is 11.7 Å². The van der Waals surface area contributed by atoms with Crippen LogP contribution < -0.4 is 15.0 Å². The lowest BCUT2D eigenvalue weighted by atomic mass is 10.1. The third-order valence-electron chi connectivity index (χ3n) is 4.80. The summed E-state index contributed by atoms with van der Waals surface area (Å²) in [6.07, 6.45) is 0.842. The summed E-state index contributed by atoms with van der Waals surface area (Å²) < 4.78 is 19.6. The lowest BCUT2D eigenvalue weighted by Crippen LogP contribution is -2.28. The van der Waals surface area contributed by atoms with Crippen molar-refractivity contribution < 1.29 is 18.7 Å². The molecule has 0 fully saturated rings. The molecule has 0 saturated carbocycles. The van der Waals surface area contributed by atoms with Gasteiger partial charge in [0.25, 0.3) is 11.8 Å². The Kier molecular flexibility index (Phi) is 5.81. The molecule has 30 heavy (non-hydrogen) atoms. The Hall–Kier alpha value is -3.19. The first-order valence-electron chi connectivity index (χ1n) is 9.39. The Morgan fingerprint density at radius 3 is 2.60 bits per heavy atom. The van der Waals surface area contributed by atoms with Gasteiger partial charge in [-0.15, -0.1) is 0 Å². The maximum atomic E-state index is 13.7. The number of anilines is 2. The molecule has 0 aromatic heterocycles. The second kappa shape index (κ2) is 8.67. The highest BCUT2D eigenvalue weighted by Gasteiger charge is 2.25. The third-order valence-corrected chi connectivity index (χ3v) is 5.29. The molecule has 152 valence electrons. The van der Waals surface area contributed by atoms with Gasteiger partial charge in [0.2, 0.25) is 0 Å². The summed E-state index contributed by atoms with van der Waals surface area (Å²) in [6.45, 7) is 0.324. The summed E-state index contributed by atoms with van der Waals surface area (Å²) in [6, 6.07) is 18.9. The Morgan fingerprint density at radius 2 is 1.83 bits per heavy atom. The number of hydrogen-bond donors (Lipinski definition) is 1. The molecule has 0 unspecified atom stereocenters. The van der Waals surface area contributed by atoms with Crippen LogP contribution in [0.4, 0.5) is 15.8 Å². The predicted octanol–water partition coefficient (Wildman–Crippen LogP) is 4.81. The molecular weight excluding hydrogens is 451 g/mol. The largest absolute Gasteiger partial charge is 0.481 e. The molecule has 5 nitrogen and oxygen atoms in total. The Balaban J connectivity index is 1.35. The van der Waals surface area contributed by atoms with Crippen molar-refractivity contribution >= 4 is 39.1 Å². The number of rotatable bonds is 5. The predicted molar refractivity (Wildman–Crippen MR) is 116 cm³/mol. The van der Waals surface area contributed by atoms with Crippen molar-refractivity contribution in [3.8, 4) is 5.75 Å². The molecule has 1 aliphatic rings. The number of para-hydroxylation sites is 1. The van der Waals surface area contributed by atoms with Crippen molar-refractivity contribution in [2.75, 3.05) is 23.4 Å². The van der Waals surface area contributed by atoms with Crippen LogP contribution in [0.3, 0.4) is 0 Å². The van der Waals surface area contributed by atoms with E-state index in [4.69, 9.17) is 4.74 Å². The molecule has 0 bridgehead atoms. The second-order valence-electron chi connectivity index (χ2n) is 6.82. The van der Waals surface area contributed by atoms with Crippen LogP contribution in [0.1, 0.15) is 15.9 Å². The van der Waals surface area contributed by atoms with Crippen LogP contribution >= 0.6 is 15.9 Å². The fourth-order valence-corrected chi connectivity index (χ4v) is 3.67. The minimum Gasteiger partial charge on any atom is -0.481 e. The molecule has 0 spiro atoms. The summed E-state index contributed by atoms with van der Waals surface area (Å²) in [5.74, 6) is -1.06. The average molecular weight is 469 g/mol. The van der Waals surface area contributed by atoms with Crippen LogP contribution in [0.5, 0.6) is 5.75 Å². The van der Waals surface area contributed by atoms with E-state index in [1.54, 1.807) is 35.2 Å². The van der Waals surface area contributed by atoms with Crippen LogP contribution in [0.25, 0.3) is 0 Å². The number of nitrogens with zero attached hydrogens (tertiary/aromatic N) is 1. The van der Waals surface area contributed by atoms with E-state index in [1.165, 1.54) is 12.1 Å².